The second-order valence-corrected chi connectivity index (χ2v) is 9.19. The Morgan fingerprint density at radius 3 is 2.30 bits per heavy atom. The highest BCUT2D eigenvalue weighted by Gasteiger charge is 2.29. The Labute approximate surface area is 161 Å². The van der Waals surface area contributed by atoms with Crippen LogP contribution in [0.2, 0.25) is 0 Å². The predicted octanol–water partition coefficient (Wildman–Crippen LogP) is 1.66. The van der Waals surface area contributed by atoms with E-state index in [2.05, 4.69) is 19.2 Å². The van der Waals surface area contributed by atoms with E-state index in [9.17, 15) is 18.0 Å². The number of nitrogens with two attached hydrogens (primary N) is 1. The molecule has 1 fully saturated rings. The van der Waals surface area contributed by atoms with Crippen LogP contribution in [0.3, 0.4) is 0 Å². The largest absolute Gasteiger partial charge is 0.353 e. The van der Waals surface area contributed by atoms with Crippen molar-refractivity contribution >= 4 is 21.8 Å². The molecule has 1 aliphatic rings. The van der Waals surface area contributed by atoms with Gasteiger partial charge in [-0.25, -0.2) is 13.6 Å². The van der Waals surface area contributed by atoms with Gasteiger partial charge in [0.1, 0.15) is 0 Å². The van der Waals surface area contributed by atoms with Gasteiger partial charge in [0.2, 0.25) is 15.9 Å². The van der Waals surface area contributed by atoms with Crippen LogP contribution in [0.25, 0.3) is 0 Å². The number of nitrogens with one attached hydrogen (secondary N) is 1. The van der Waals surface area contributed by atoms with Crippen LogP contribution in [0.4, 0.5) is 0 Å². The third kappa shape index (κ3) is 5.29. The maximum Gasteiger partial charge on any atom is 0.254 e. The van der Waals surface area contributed by atoms with Crippen molar-refractivity contribution < 1.29 is 18.0 Å². The number of aryl methyl sites for hydroxylation is 1. The Kier molecular flexibility index (Phi) is 6.64. The summed E-state index contributed by atoms with van der Waals surface area (Å²) in [5.41, 5.74) is 1.02. The number of carbonyl (C=O) groups is 2. The van der Waals surface area contributed by atoms with Crippen molar-refractivity contribution in [2.75, 3.05) is 13.1 Å². The number of sulfonamides is 1. The minimum atomic E-state index is -3.87. The van der Waals surface area contributed by atoms with E-state index in [-0.39, 0.29) is 28.7 Å². The number of carbonyl (C=O) groups excluding carboxylic acids is 2. The summed E-state index contributed by atoms with van der Waals surface area (Å²) in [6.07, 6.45) is 1.19. The zero-order valence-electron chi connectivity index (χ0n) is 16.4. The molecule has 3 N–H and O–H groups in total. The summed E-state index contributed by atoms with van der Waals surface area (Å²) in [5, 5.41) is 8.20. The summed E-state index contributed by atoms with van der Waals surface area (Å²) in [5.74, 6) is 0.0694. The Hall–Kier alpha value is -1.93. The average molecular weight is 396 g/mol. The molecule has 1 atom stereocenters. The molecule has 1 aliphatic heterocycles. The molecule has 2 rings (SSSR count). The van der Waals surface area contributed by atoms with Crippen molar-refractivity contribution in [1.29, 1.82) is 0 Å². The Morgan fingerprint density at radius 1 is 1.19 bits per heavy atom. The number of piperidine rings is 1. The number of amides is 2. The van der Waals surface area contributed by atoms with Crippen LogP contribution in [0.5, 0.6) is 0 Å². The maximum atomic E-state index is 12.8. The SMILES string of the molecule is Cc1ccc(S(N)(=O)=O)cc1C(=O)N1CCC(C(=O)NC(C)C(C)C)CC1. The second-order valence-electron chi connectivity index (χ2n) is 7.63. The molecule has 27 heavy (non-hydrogen) atoms. The first-order valence-electron chi connectivity index (χ1n) is 9.23. The molecule has 0 bridgehead atoms. The zero-order chi connectivity index (χ0) is 20.4. The van der Waals surface area contributed by atoms with E-state index >= 15 is 0 Å². The summed E-state index contributed by atoms with van der Waals surface area (Å²) in [6.45, 7) is 8.79. The first kappa shape index (κ1) is 21.4. The molecular formula is C19H29N3O4S. The molecule has 1 unspecified atom stereocenters. The normalized spacial score (nSPS) is 17.0. The van der Waals surface area contributed by atoms with Crippen molar-refractivity contribution in [3.8, 4) is 0 Å². The summed E-state index contributed by atoms with van der Waals surface area (Å²) in [4.78, 5) is 26.8. The highest BCUT2D eigenvalue weighted by Crippen LogP contribution is 2.22. The molecule has 0 aliphatic carbocycles. The van der Waals surface area contributed by atoms with E-state index in [1.807, 2.05) is 6.92 Å². The van der Waals surface area contributed by atoms with Gasteiger partial charge < -0.3 is 10.2 Å². The number of nitrogens with zero attached hydrogens (tertiary/aromatic N) is 1. The molecule has 0 aromatic heterocycles. The minimum Gasteiger partial charge on any atom is -0.353 e. The molecule has 150 valence electrons. The molecule has 1 aromatic carbocycles. The molecule has 7 nitrogen and oxygen atoms in total. The van der Waals surface area contributed by atoms with Crippen LogP contribution in [0, 0.1) is 18.8 Å². The summed E-state index contributed by atoms with van der Waals surface area (Å²) >= 11 is 0. The van der Waals surface area contributed by atoms with Gasteiger partial charge in [0.25, 0.3) is 5.91 Å². The standard InChI is InChI=1S/C19H29N3O4S/c1-12(2)14(4)21-18(23)15-7-9-22(10-8-15)19(24)17-11-16(27(20,25)26)6-5-13(17)3/h5-6,11-12,14-15H,7-10H2,1-4H3,(H,21,23)(H2,20,25,26). The van der Waals surface area contributed by atoms with Gasteiger partial charge in [0.15, 0.2) is 0 Å². The molecule has 1 aromatic rings. The van der Waals surface area contributed by atoms with E-state index in [0.29, 0.717) is 43.0 Å². The third-order valence-corrected chi connectivity index (χ3v) is 6.20. The molecule has 0 saturated carbocycles. The monoisotopic (exact) mass is 395 g/mol. The van der Waals surface area contributed by atoms with Crippen LogP contribution < -0.4 is 10.5 Å². The number of rotatable bonds is 5. The van der Waals surface area contributed by atoms with Gasteiger partial charge in [-0.05, 0) is 50.3 Å². The smallest absolute Gasteiger partial charge is 0.254 e. The quantitative estimate of drug-likeness (QED) is 0.790. The predicted molar refractivity (Wildman–Crippen MR) is 104 cm³/mol. The van der Waals surface area contributed by atoms with E-state index in [1.165, 1.54) is 12.1 Å². The van der Waals surface area contributed by atoms with Gasteiger partial charge in [0.05, 0.1) is 4.90 Å². The molecule has 0 spiro atoms. The number of hydrogen-bond donors (Lipinski definition) is 2. The fourth-order valence-corrected chi connectivity index (χ4v) is 3.57. The summed E-state index contributed by atoms with van der Waals surface area (Å²) in [7, 11) is -3.87. The minimum absolute atomic E-state index is 0.0377. The van der Waals surface area contributed by atoms with Crippen LogP contribution in [0.1, 0.15) is 49.5 Å². The first-order valence-corrected chi connectivity index (χ1v) is 10.8. The molecule has 1 heterocycles. The Morgan fingerprint density at radius 2 is 1.78 bits per heavy atom. The lowest BCUT2D eigenvalue weighted by Gasteiger charge is -2.32. The topological polar surface area (TPSA) is 110 Å². The number of hydrogen-bond acceptors (Lipinski definition) is 4. The highest BCUT2D eigenvalue weighted by molar-refractivity contribution is 7.89. The van der Waals surface area contributed by atoms with Gasteiger partial charge in [0, 0.05) is 30.6 Å². The molecule has 8 heteroatoms. The first-order chi connectivity index (χ1) is 12.5. The summed E-state index contributed by atoms with van der Waals surface area (Å²) < 4.78 is 23.1. The Balaban J connectivity index is 2.04. The number of benzene rings is 1. The van der Waals surface area contributed by atoms with Crippen LogP contribution in [0.15, 0.2) is 23.1 Å². The van der Waals surface area contributed by atoms with E-state index in [1.54, 1.807) is 17.9 Å². The molecular weight excluding hydrogens is 366 g/mol. The molecule has 1 saturated heterocycles. The third-order valence-electron chi connectivity index (χ3n) is 5.29. The fraction of sp³-hybridized carbons (Fsp3) is 0.579. The fourth-order valence-electron chi connectivity index (χ4n) is 3.03. The highest BCUT2D eigenvalue weighted by atomic mass is 32.2. The van der Waals surface area contributed by atoms with E-state index < -0.39 is 10.0 Å². The van der Waals surface area contributed by atoms with Gasteiger partial charge in [-0.15, -0.1) is 0 Å². The maximum absolute atomic E-state index is 12.8. The van der Waals surface area contributed by atoms with E-state index in [0.717, 1.165) is 0 Å². The van der Waals surface area contributed by atoms with Crippen molar-refractivity contribution in [2.24, 2.45) is 17.0 Å². The summed E-state index contributed by atoms with van der Waals surface area (Å²) in [6, 6.07) is 4.42. The van der Waals surface area contributed by atoms with Gasteiger partial charge in [-0.1, -0.05) is 19.9 Å². The number of primary sulfonamides is 1. The van der Waals surface area contributed by atoms with Crippen LogP contribution in [-0.4, -0.2) is 44.3 Å². The van der Waals surface area contributed by atoms with Crippen molar-refractivity contribution in [2.45, 2.75) is 51.5 Å². The van der Waals surface area contributed by atoms with Crippen molar-refractivity contribution in [1.82, 2.24) is 10.2 Å². The second kappa shape index (κ2) is 8.39. The zero-order valence-corrected chi connectivity index (χ0v) is 17.2. The van der Waals surface area contributed by atoms with Gasteiger partial charge in [-0.3, -0.25) is 9.59 Å². The Bertz CT molecular complexity index is 812. The van der Waals surface area contributed by atoms with E-state index in [4.69, 9.17) is 5.14 Å². The van der Waals surface area contributed by atoms with Gasteiger partial charge in [-0.2, -0.15) is 0 Å². The van der Waals surface area contributed by atoms with Crippen LogP contribution >= 0.6 is 0 Å². The number of likely N-dealkylation sites (tertiary alicyclic amines) is 1. The molecule has 2 amide bonds. The van der Waals surface area contributed by atoms with Crippen molar-refractivity contribution in [3.05, 3.63) is 29.3 Å². The lowest BCUT2D eigenvalue weighted by atomic mass is 9.94. The molecule has 0 radical (unpaired) electrons. The van der Waals surface area contributed by atoms with Crippen molar-refractivity contribution in [3.63, 3.8) is 0 Å². The average Bonchev–Trinajstić information content (AvgIpc) is 2.60. The van der Waals surface area contributed by atoms with Crippen LogP contribution in [-0.2, 0) is 14.8 Å². The lowest BCUT2D eigenvalue weighted by molar-refractivity contribution is -0.127. The van der Waals surface area contributed by atoms with Gasteiger partial charge >= 0.3 is 0 Å². The lowest BCUT2D eigenvalue weighted by Crippen LogP contribution is -2.45.